The van der Waals surface area contributed by atoms with Crippen LogP contribution in [0.3, 0.4) is 0 Å². The largest absolute Gasteiger partial charge is 0.495 e. The van der Waals surface area contributed by atoms with Crippen LogP contribution in [0.4, 0.5) is 5.69 Å². The molecule has 2 aromatic carbocycles. The average molecular weight is 380 g/mol. The number of ether oxygens (including phenoxy) is 2. The summed E-state index contributed by atoms with van der Waals surface area (Å²) in [4.78, 5) is 11.1. The van der Waals surface area contributed by atoms with Crippen molar-refractivity contribution in [2.45, 2.75) is 13.5 Å². The highest BCUT2D eigenvalue weighted by atomic mass is 79.9. The monoisotopic (exact) mass is 379 g/mol. The number of aromatic carboxylic acids is 1. The van der Waals surface area contributed by atoms with Crippen molar-refractivity contribution in [3.63, 3.8) is 0 Å². The van der Waals surface area contributed by atoms with Crippen molar-refractivity contribution in [3.8, 4) is 11.5 Å². The van der Waals surface area contributed by atoms with Gasteiger partial charge in [-0.25, -0.2) is 4.79 Å². The van der Waals surface area contributed by atoms with Crippen LogP contribution in [0, 0.1) is 0 Å². The summed E-state index contributed by atoms with van der Waals surface area (Å²) in [6.45, 7) is 2.99. The van der Waals surface area contributed by atoms with Gasteiger partial charge in [0.2, 0.25) is 0 Å². The first kappa shape index (κ1) is 17.1. The number of carboxylic acids is 1. The zero-order valence-corrected chi connectivity index (χ0v) is 14.5. The summed E-state index contributed by atoms with van der Waals surface area (Å²) >= 11 is 3.45. The Morgan fingerprint density at radius 1 is 1.22 bits per heavy atom. The molecule has 0 fully saturated rings. The van der Waals surface area contributed by atoms with Crippen molar-refractivity contribution in [1.29, 1.82) is 0 Å². The second-order valence-electron chi connectivity index (χ2n) is 4.76. The maximum Gasteiger partial charge on any atom is 0.335 e. The normalized spacial score (nSPS) is 10.2. The van der Waals surface area contributed by atoms with E-state index >= 15 is 0 Å². The molecule has 0 aliphatic heterocycles. The van der Waals surface area contributed by atoms with E-state index in [2.05, 4.69) is 21.2 Å². The quantitative estimate of drug-likeness (QED) is 0.755. The molecule has 2 rings (SSSR count). The van der Waals surface area contributed by atoms with Gasteiger partial charge in [0.1, 0.15) is 11.5 Å². The maximum atomic E-state index is 11.1. The van der Waals surface area contributed by atoms with Crippen molar-refractivity contribution < 1.29 is 19.4 Å². The Kier molecular flexibility index (Phi) is 5.87. The molecule has 6 heteroatoms. The summed E-state index contributed by atoms with van der Waals surface area (Å²) in [5.74, 6) is 0.396. The number of carbonyl (C=O) groups is 1. The summed E-state index contributed by atoms with van der Waals surface area (Å²) in [5.41, 5.74) is 1.78. The molecule has 0 spiro atoms. The molecule has 5 nitrogen and oxygen atoms in total. The lowest BCUT2D eigenvalue weighted by atomic mass is 10.1. The minimum Gasteiger partial charge on any atom is -0.495 e. The Bertz CT molecular complexity index is 703. The number of rotatable bonds is 7. The molecule has 2 aromatic rings. The van der Waals surface area contributed by atoms with Gasteiger partial charge in [0.15, 0.2) is 0 Å². The molecule has 0 aliphatic carbocycles. The SMILES string of the molecule is CCOc1ccc(Br)cc1CNc1cc(C(=O)O)ccc1OC. The molecule has 2 N–H and O–H groups in total. The van der Waals surface area contributed by atoms with E-state index in [4.69, 9.17) is 14.6 Å². The summed E-state index contributed by atoms with van der Waals surface area (Å²) in [5, 5.41) is 12.3. The minimum absolute atomic E-state index is 0.201. The molecule has 0 saturated carbocycles. The third kappa shape index (κ3) is 4.39. The van der Waals surface area contributed by atoms with E-state index in [1.807, 2.05) is 25.1 Å². The third-order valence-electron chi connectivity index (χ3n) is 3.24. The van der Waals surface area contributed by atoms with Crippen LogP contribution in [-0.4, -0.2) is 24.8 Å². The Balaban J connectivity index is 2.25. The lowest BCUT2D eigenvalue weighted by Gasteiger charge is -2.15. The second-order valence-corrected chi connectivity index (χ2v) is 5.67. The molecule has 0 amide bonds. The number of methoxy groups -OCH3 is 1. The highest BCUT2D eigenvalue weighted by Crippen LogP contribution is 2.28. The van der Waals surface area contributed by atoms with Gasteiger partial charge in [-0.15, -0.1) is 0 Å². The van der Waals surface area contributed by atoms with Crippen LogP contribution >= 0.6 is 15.9 Å². The van der Waals surface area contributed by atoms with E-state index in [1.165, 1.54) is 6.07 Å². The first-order valence-electron chi connectivity index (χ1n) is 7.11. The van der Waals surface area contributed by atoms with E-state index in [-0.39, 0.29) is 5.56 Å². The molecule has 0 atom stereocenters. The number of carboxylic acid groups (broad SMARTS) is 1. The van der Waals surface area contributed by atoms with E-state index in [0.29, 0.717) is 24.6 Å². The van der Waals surface area contributed by atoms with Gasteiger partial charge in [-0.05, 0) is 43.3 Å². The number of nitrogens with one attached hydrogen (secondary N) is 1. The van der Waals surface area contributed by atoms with Crippen molar-refractivity contribution in [1.82, 2.24) is 0 Å². The Labute approximate surface area is 143 Å². The number of hydrogen-bond donors (Lipinski definition) is 2. The smallest absolute Gasteiger partial charge is 0.335 e. The second kappa shape index (κ2) is 7.87. The predicted molar refractivity (Wildman–Crippen MR) is 92.6 cm³/mol. The van der Waals surface area contributed by atoms with Gasteiger partial charge in [-0.2, -0.15) is 0 Å². The van der Waals surface area contributed by atoms with Crippen LogP contribution in [0.2, 0.25) is 0 Å². The van der Waals surface area contributed by atoms with E-state index < -0.39 is 5.97 Å². The number of anilines is 1. The van der Waals surface area contributed by atoms with Crippen LogP contribution in [0.25, 0.3) is 0 Å². The minimum atomic E-state index is -0.979. The van der Waals surface area contributed by atoms with Crippen LogP contribution < -0.4 is 14.8 Å². The first-order chi connectivity index (χ1) is 11.0. The summed E-state index contributed by atoms with van der Waals surface area (Å²) < 4.78 is 11.8. The molecular weight excluding hydrogens is 362 g/mol. The highest BCUT2D eigenvalue weighted by Gasteiger charge is 2.10. The van der Waals surface area contributed by atoms with Gasteiger partial charge in [0.25, 0.3) is 0 Å². The van der Waals surface area contributed by atoms with Crippen molar-refractivity contribution >= 4 is 27.6 Å². The number of halogens is 1. The number of hydrogen-bond acceptors (Lipinski definition) is 4. The highest BCUT2D eigenvalue weighted by molar-refractivity contribution is 9.10. The van der Waals surface area contributed by atoms with E-state index in [0.717, 1.165) is 15.8 Å². The average Bonchev–Trinajstić information content (AvgIpc) is 2.54. The topological polar surface area (TPSA) is 67.8 Å². The van der Waals surface area contributed by atoms with Gasteiger partial charge in [-0.3, -0.25) is 0 Å². The molecular formula is C17H18BrNO4. The summed E-state index contributed by atoms with van der Waals surface area (Å²) in [7, 11) is 1.55. The van der Waals surface area contributed by atoms with E-state index in [1.54, 1.807) is 19.2 Å². The predicted octanol–water partition coefficient (Wildman–Crippen LogP) is 4.17. The molecule has 0 aliphatic rings. The molecule has 0 radical (unpaired) electrons. The molecule has 23 heavy (non-hydrogen) atoms. The summed E-state index contributed by atoms with van der Waals surface area (Å²) in [6, 6.07) is 10.5. The van der Waals surface area contributed by atoms with Gasteiger partial charge < -0.3 is 19.9 Å². The van der Waals surface area contributed by atoms with Gasteiger partial charge in [0, 0.05) is 16.6 Å². The molecule has 0 aromatic heterocycles. The van der Waals surface area contributed by atoms with Crippen molar-refractivity contribution in [2.24, 2.45) is 0 Å². The van der Waals surface area contributed by atoms with Gasteiger partial charge in [-0.1, -0.05) is 15.9 Å². The van der Waals surface area contributed by atoms with Gasteiger partial charge >= 0.3 is 5.97 Å². The number of benzene rings is 2. The van der Waals surface area contributed by atoms with E-state index in [9.17, 15) is 4.79 Å². The lowest BCUT2D eigenvalue weighted by Crippen LogP contribution is -2.06. The van der Waals surface area contributed by atoms with Crippen LogP contribution in [-0.2, 0) is 6.54 Å². The Hall–Kier alpha value is -2.21. The fraction of sp³-hybridized carbons (Fsp3) is 0.235. The van der Waals surface area contributed by atoms with Crippen LogP contribution in [0.15, 0.2) is 40.9 Å². The molecule has 0 bridgehead atoms. The molecule has 0 heterocycles. The summed E-state index contributed by atoms with van der Waals surface area (Å²) in [6.07, 6.45) is 0. The molecule has 0 unspecified atom stereocenters. The maximum absolute atomic E-state index is 11.1. The third-order valence-corrected chi connectivity index (χ3v) is 3.73. The van der Waals surface area contributed by atoms with Crippen molar-refractivity contribution in [3.05, 3.63) is 52.0 Å². The first-order valence-corrected chi connectivity index (χ1v) is 7.91. The molecule has 122 valence electrons. The lowest BCUT2D eigenvalue weighted by molar-refractivity contribution is 0.0697. The fourth-order valence-electron chi connectivity index (χ4n) is 2.15. The standard InChI is InChI=1S/C17H18BrNO4/c1-3-23-15-7-5-13(18)8-12(15)10-19-14-9-11(17(20)21)4-6-16(14)22-2/h4-9,19H,3,10H2,1-2H3,(H,20,21). The fourth-order valence-corrected chi connectivity index (χ4v) is 2.56. The Morgan fingerprint density at radius 2 is 1.96 bits per heavy atom. The van der Waals surface area contributed by atoms with Gasteiger partial charge in [0.05, 0.1) is 25.0 Å². The Morgan fingerprint density at radius 3 is 2.61 bits per heavy atom. The molecule has 0 saturated heterocycles. The van der Waals surface area contributed by atoms with Crippen molar-refractivity contribution in [2.75, 3.05) is 19.0 Å². The zero-order chi connectivity index (χ0) is 16.8. The van der Waals surface area contributed by atoms with Crippen LogP contribution in [0.1, 0.15) is 22.8 Å². The zero-order valence-electron chi connectivity index (χ0n) is 12.9. The van der Waals surface area contributed by atoms with Crippen LogP contribution in [0.5, 0.6) is 11.5 Å².